The van der Waals surface area contributed by atoms with Crippen LogP contribution < -0.4 is 5.32 Å². The number of nitrogens with one attached hydrogen (secondary N) is 1. The van der Waals surface area contributed by atoms with Crippen LogP contribution in [0, 0.1) is 23.7 Å². The van der Waals surface area contributed by atoms with E-state index >= 15 is 0 Å². The lowest BCUT2D eigenvalue weighted by Gasteiger charge is -2.30. The molecule has 2 atom stereocenters. The molecule has 27 heavy (non-hydrogen) atoms. The number of aromatic nitrogens is 2. The van der Waals surface area contributed by atoms with Gasteiger partial charge in [-0.05, 0) is 49.1 Å². The highest BCUT2D eigenvalue weighted by Gasteiger charge is 2.49. The molecule has 2 aromatic carbocycles. The molecule has 1 N–H and O–H groups in total. The maximum absolute atomic E-state index is 13.3. The average molecular weight is 374 g/mol. The van der Waals surface area contributed by atoms with Crippen molar-refractivity contribution in [1.29, 1.82) is 5.26 Å². The number of hydrogen-bond acceptors (Lipinski definition) is 5. The first-order valence-corrected chi connectivity index (χ1v) is 9.52. The average Bonchev–Trinajstić information content (AvgIpc) is 3.22. The molecule has 1 heterocycles. The van der Waals surface area contributed by atoms with Gasteiger partial charge in [0.2, 0.25) is 11.0 Å². The van der Waals surface area contributed by atoms with Gasteiger partial charge in [0.15, 0.2) is 0 Å². The van der Waals surface area contributed by atoms with E-state index in [1.54, 1.807) is 0 Å². The molecule has 0 unspecified atom stereocenters. The Morgan fingerprint density at radius 3 is 2.70 bits per heavy atom. The van der Waals surface area contributed by atoms with Gasteiger partial charge in [0, 0.05) is 5.92 Å². The Morgan fingerprint density at radius 2 is 2.04 bits per heavy atom. The van der Waals surface area contributed by atoms with E-state index in [-0.39, 0.29) is 11.8 Å². The molecule has 0 fully saturated rings. The molecule has 0 saturated carbocycles. The molecule has 1 amide bonds. The number of nitrogens with zero attached hydrogens (tertiary/aromatic N) is 3. The van der Waals surface area contributed by atoms with E-state index in [0.717, 1.165) is 21.7 Å². The van der Waals surface area contributed by atoms with E-state index < -0.39 is 5.41 Å². The number of anilines is 1. The molecule has 1 aliphatic rings. The molecule has 5 nitrogen and oxygen atoms in total. The van der Waals surface area contributed by atoms with Crippen LogP contribution in [0.5, 0.6) is 0 Å². The maximum Gasteiger partial charge on any atom is 0.233 e. The van der Waals surface area contributed by atoms with Gasteiger partial charge in [0.25, 0.3) is 0 Å². The minimum absolute atomic E-state index is 0.0813. The maximum atomic E-state index is 13.3. The Labute approximate surface area is 161 Å². The Morgan fingerprint density at radius 1 is 1.26 bits per heavy atom. The first kappa shape index (κ1) is 17.4. The number of hydrogen-bond donors (Lipinski definition) is 1. The summed E-state index contributed by atoms with van der Waals surface area (Å²) in [4.78, 5) is 13.3. The van der Waals surface area contributed by atoms with E-state index in [2.05, 4.69) is 21.6 Å². The van der Waals surface area contributed by atoms with Crippen molar-refractivity contribution in [2.24, 2.45) is 5.41 Å². The molecule has 134 valence electrons. The van der Waals surface area contributed by atoms with Crippen LogP contribution in [-0.2, 0) is 11.2 Å². The van der Waals surface area contributed by atoms with Crippen molar-refractivity contribution in [3.63, 3.8) is 0 Å². The lowest BCUT2D eigenvalue weighted by molar-refractivity contribution is -0.125. The van der Waals surface area contributed by atoms with E-state index in [1.807, 2.05) is 62.4 Å². The molecule has 3 aromatic rings. The fourth-order valence-corrected chi connectivity index (χ4v) is 4.51. The molecule has 0 spiro atoms. The molecule has 6 heteroatoms. The number of aryl methyl sites for hydroxylation is 1. The first-order chi connectivity index (χ1) is 13.0. The highest BCUT2D eigenvalue weighted by molar-refractivity contribution is 7.15. The summed E-state index contributed by atoms with van der Waals surface area (Å²) < 4.78 is 0. The normalized spacial score (nSPS) is 20.7. The number of carbonyl (C=O) groups excluding carboxylic acids is 1. The largest absolute Gasteiger partial charge is 0.300 e. The third-order valence-electron chi connectivity index (χ3n) is 5.18. The Hall–Kier alpha value is -3.04. The SMILES string of the molecule is Cc1nnc(NC(=O)[C@@]2(C)Cc3ccc(C#N)cc3[C@H]2c2ccccc2)s1. The topological polar surface area (TPSA) is 78.7 Å². The van der Waals surface area contributed by atoms with Gasteiger partial charge >= 0.3 is 0 Å². The molecule has 0 bridgehead atoms. The Bertz CT molecular complexity index is 1050. The van der Waals surface area contributed by atoms with Crippen LogP contribution in [0.1, 0.15) is 40.1 Å². The van der Waals surface area contributed by atoms with Crippen molar-refractivity contribution in [3.05, 3.63) is 75.8 Å². The highest BCUT2D eigenvalue weighted by Crippen LogP contribution is 2.51. The number of fused-ring (bicyclic) bond motifs is 1. The number of rotatable bonds is 3. The molecule has 0 saturated heterocycles. The Kier molecular flexibility index (Phi) is 4.25. The first-order valence-electron chi connectivity index (χ1n) is 8.71. The van der Waals surface area contributed by atoms with Crippen molar-refractivity contribution in [2.75, 3.05) is 5.32 Å². The molecular formula is C21H18N4OS. The third-order valence-corrected chi connectivity index (χ3v) is 5.93. The smallest absolute Gasteiger partial charge is 0.233 e. The van der Waals surface area contributed by atoms with Gasteiger partial charge in [-0.15, -0.1) is 10.2 Å². The fourth-order valence-electron chi connectivity index (χ4n) is 3.93. The standard InChI is InChI=1S/C21H18N4OS/c1-13-24-25-20(27-13)23-19(26)21(2)11-16-9-8-14(12-22)10-17(16)18(21)15-6-4-3-5-7-15/h3-10,18H,11H2,1-2H3,(H,23,25,26)/t18-,21+/m1/s1. The van der Waals surface area contributed by atoms with Gasteiger partial charge in [-0.2, -0.15) is 5.26 Å². The van der Waals surface area contributed by atoms with Crippen LogP contribution in [0.15, 0.2) is 48.5 Å². The van der Waals surface area contributed by atoms with Crippen molar-refractivity contribution in [1.82, 2.24) is 10.2 Å². The molecule has 4 rings (SSSR count). The van der Waals surface area contributed by atoms with Crippen molar-refractivity contribution >= 4 is 22.4 Å². The minimum atomic E-state index is -0.683. The summed E-state index contributed by atoms with van der Waals surface area (Å²) in [5.74, 6) is -0.210. The summed E-state index contributed by atoms with van der Waals surface area (Å²) >= 11 is 1.36. The van der Waals surface area contributed by atoms with Gasteiger partial charge in [-0.3, -0.25) is 4.79 Å². The zero-order valence-corrected chi connectivity index (χ0v) is 15.9. The van der Waals surface area contributed by atoms with Crippen LogP contribution in [-0.4, -0.2) is 16.1 Å². The second-order valence-corrected chi connectivity index (χ2v) is 8.23. The van der Waals surface area contributed by atoms with Gasteiger partial charge in [-0.1, -0.05) is 47.7 Å². The predicted octanol–water partition coefficient (Wildman–Crippen LogP) is 4.05. The fraction of sp³-hybridized carbons (Fsp3) is 0.238. The molecule has 1 aromatic heterocycles. The van der Waals surface area contributed by atoms with Gasteiger partial charge in [0.05, 0.1) is 17.0 Å². The lowest BCUT2D eigenvalue weighted by atomic mass is 9.73. The van der Waals surface area contributed by atoms with Crippen molar-refractivity contribution in [2.45, 2.75) is 26.2 Å². The highest BCUT2D eigenvalue weighted by atomic mass is 32.1. The van der Waals surface area contributed by atoms with Crippen LogP contribution in [0.25, 0.3) is 0 Å². The van der Waals surface area contributed by atoms with Crippen LogP contribution in [0.4, 0.5) is 5.13 Å². The minimum Gasteiger partial charge on any atom is -0.300 e. The molecular weight excluding hydrogens is 356 g/mol. The lowest BCUT2D eigenvalue weighted by Crippen LogP contribution is -2.37. The molecule has 1 aliphatic carbocycles. The summed E-state index contributed by atoms with van der Waals surface area (Å²) in [6.45, 7) is 3.84. The number of benzene rings is 2. The summed E-state index contributed by atoms with van der Waals surface area (Å²) in [6, 6.07) is 17.9. The quantitative estimate of drug-likeness (QED) is 0.750. The van der Waals surface area contributed by atoms with Crippen molar-refractivity contribution < 1.29 is 4.79 Å². The van der Waals surface area contributed by atoms with E-state index in [1.165, 1.54) is 11.3 Å². The molecule has 0 radical (unpaired) electrons. The second-order valence-electron chi connectivity index (χ2n) is 7.04. The summed E-state index contributed by atoms with van der Waals surface area (Å²) in [5, 5.41) is 21.6. The second kappa shape index (κ2) is 6.60. The summed E-state index contributed by atoms with van der Waals surface area (Å²) in [6.07, 6.45) is 0.608. The number of amides is 1. The predicted molar refractivity (Wildman–Crippen MR) is 105 cm³/mol. The van der Waals surface area contributed by atoms with E-state index in [9.17, 15) is 10.1 Å². The van der Waals surface area contributed by atoms with Gasteiger partial charge < -0.3 is 5.32 Å². The third kappa shape index (κ3) is 3.00. The number of carbonyl (C=O) groups is 1. The van der Waals surface area contributed by atoms with Gasteiger partial charge in [-0.25, -0.2) is 0 Å². The van der Waals surface area contributed by atoms with E-state index in [0.29, 0.717) is 17.1 Å². The van der Waals surface area contributed by atoms with Crippen molar-refractivity contribution in [3.8, 4) is 6.07 Å². The summed E-state index contributed by atoms with van der Waals surface area (Å²) in [7, 11) is 0. The van der Waals surface area contributed by atoms with Crippen LogP contribution in [0.2, 0.25) is 0 Å². The van der Waals surface area contributed by atoms with Gasteiger partial charge in [0.1, 0.15) is 5.01 Å². The molecule has 0 aliphatic heterocycles. The zero-order chi connectivity index (χ0) is 19.0. The number of nitriles is 1. The van der Waals surface area contributed by atoms with E-state index in [4.69, 9.17) is 0 Å². The zero-order valence-electron chi connectivity index (χ0n) is 15.1. The summed E-state index contributed by atoms with van der Waals surface area (Å²) in [5.41, 5.74) is 3.15. The van der Waals surface area contributed by atoms with Crippen LogP contribution >= 0.6 is 11.3 Å². The Balaban J connectivity index is 1.79. The van der Waals surface area contributed by atoms with Crippen LogP contribution in [0.3, 0.4) is 0 Å². The monoisotopic (exact) mass is 374 g/mol.